The molecule has 1 N–H and O–H groups in total. The maximum absolute atomic E-state index is 14.4. The van der Waals surface area contributed by atoms with Crippen LogP contribution in [-0.2, 0) is 24.2 Å². The summed E-state index contributed by atoms with van der Waals surface area (Å²) in [5, 5.41) is 1.17. The van der Waals surface area contributed by atoms with Crippen molar-refractivity contribution in [3.8, 4) is 11.4 Å². The second kappa shape index (κ2) is 22.0. The smallest absolute Gasteiger partial charge is 0.436 e. The Morgan fingerprint density at radius 2 is 1.48 bits per heavy atom. The van der Waals surface area contributed by atoms with E-state index >= 15 is 0 Å². The average Bonchev–Trinajstić information content (AvgIpc) is 3.90. The minimum Gasteiger partial charge on any atom is -0.463 e. The van der Waals surface area contributed by atoms with Gasteiger partial charge in [-0.05, 0) is 79.2 Å². The van der Waals surface area contributed by atoms with Gasteiger partial charge in [-0.2, -0.15) is 4.68 Å². The summed E-state index contributed by atoms with van der Waals surface area (Å²) in [6, 6.07) is 9.89. The van der Waals surface area contributed by atoms with E-state index in [-0.39, 0.29) is 58.8 Å². The van der Waals surface area contributed by atoms with Gasteiger partial charge in [-0.1, -0.05) is 76.8 Å². The van der Waals surface area contributed by atoms with Crippen LogP contribution in [0.1, 0.15) is 130 Å². The minimum absolute atomic E-state index is 0.0192. The van der Waals surface area contributed by atoms with Crippen LogP contribution >= 0.6 is 11.3 Å². The van der Waals surface area contributed by atoms with Gasteiger partial charge in [-0.25, -0.2) is 42.0 Å². The highest BCUT2D eigenvalue weighted by atomic mass is 32.2. The summed E-state index contributed by atoms with van der Waals surface area (Å²) in [4.78, 5) is 54.0. The average molecular weight is 868 g/mol. The molecule has 3 heterocycles. The topological polar surface area (TPSA) is 158 Å². The van der Waals surface area contributed by atoms with Crippen molar-refractivity contribution in [1.29, 1.82) is 0 Å². The van der Waals surface area contributed by atoms with Crippen molar-refractivity contribution in [2.24, 2.45) is 0 Å². The Labute approximate surface area is 358 Å². The van der Waals surface area contributed by atoms with Gasteiger partial charge in [-0.3, -0.25) is 4.72 Å². The molecular weight excluding hydrogens is 807 g/mol. The van der Waals surface area contributed by atoms with Crippen LogP contribution in [0.2, 0.25) is 0 Å². The molecule has 4 rings (SSSR count). The highest BCUT2D eigenvalue weighted by molar-refractivity contribution is 7.92. The normalized spacial score (nSPS) is 11.7. The number of carbonyl (C=O) groups excluding carboxylic acids is 3. The van der Waals surface area contributed by atoms with E-state index in [1.807, 2.05) is 19.9 Å². The number of hydrogen-bond acceptors (Lipinski definition) is 11. The molecule has 0 aliphatic rings. The van der Waals surface area contributed by atoms with Gasteiger partial charge in [0.25, 0.3) is 0 Å². The zero-order valence-corrected chi connectivity index (χ0v) is 38.0. The van der Waals surface area contributed by atoms with Gasteiger partial charge in [0.1, 0.15) is 16.2 Å². The van der Waals surface area contributed by atoms with Crippen LogP contribution in [0.25, 0.3) is 21.9 Å². The number of fused-ring (bicyclic) bond motifs is 1. The number of hydrogen-bond donors (Lipinski definition) is 1. The second-order valence-electron chi connectivity index (χ2n) is 15.2. The minimum atomic E-state index is -3.74. The van der Waals surface area contributed by atoms with Gasteiger partial charge in [-0.15, -0.1) is 11.3 Å². The van der Waals surface area contributed by atoms with Gasteiger partial charge in [0.15, 0.2) is 17.3 Å². The summed E-state index contributed by atoms with van der Waals surface area (Å²) in [5.41, 5.74) is -1.28. The molecule has 0 spiro atoms. The highest BCUT2D eigenvalue weighted by Crippen LogP contribution is 2.46. The molecule has 60 heavy (non-hydrogen) atoms. The fourth-order valence-electron chi connectivity index (χ4n) is 6.76. The molecule has 17 heteroatoms. The lowest BCUT2D eigenvalue weighted by molar-refractivity contribution is 0.0503. The number of sulfonamides is 1. The van der Waals surface area contributed by atoms with Gasteiger partial charge in [0.05, 0.1) is 30.5 Å². The van der Waals surface area contributed by atoms with E-state index in [0.29, 0.717) is 24.5 Å². The van der Waals surface area contributed by atoms with Gasteiger partial charge >= 0.3 is 18.2 Å². The molecule has 0 saturated heterocycles. The standard InChI is InChI=1S/C43H61N7O8S2/c1-10-15-16-17-18-19-20-21-22-23-29-60(54,55)46-32-26-24-25-31(30-32)37-45-38-35(40(51)56-13-4)36(44-9)39(49(38)50(37)42(53)58-43(6,7)8)48(41(52)57-14-5)34-28-27-33(59-34)47(11-2)12-3/h24-28,30,46H,10-23,29H2,1-8H3. The number of rotatable bonds is 22. The first-order valence-electron chi connectivity index (χ1n) is 21.0. The lowest BCUT2D eigenvalue weighted by atomic mass is 10.1. The number of ether oxygens (including phenoxy) is 3. The third-order valence-electron chi connectivity index (χ3n) is 9.54. The van der Waals surface area contributed by atoms with E-state index < -0.39 is 33.8 Å². The number of nitrogens with one attached hydrogen (secondary N) is 1. The van der Waals surface area contributed by atoms with Crippen molar-refractivity contribution in [3.63, 3.8) is 0 Å². The lowest BCUT2D eigenvalue weighted by Gasteiger charge is -2.24. The first kappa shape index (κ1) is 47.6. The van der Waals surface area contributed by atoms with E-state index in [1.165, 1.54) is 54.0 Å². The fourth-order valence-corrected chi connectivity index (χ4v) is 9.06. The third kappa shape index (κ3) is 12.0. The van der Waals surface area contributed by atoms with Gasteiger partial charge in [0, 0.05) is 24.3 Å². The van der Waals surface area contributed by atoms with E-state index in [0.717, 1.165) is 40.3 Å². The molecule has 0 saturated carbocycles. The molecule has 1 aromatic carbocycles. The van der Waals surface area contributed by atoms with Crippen LogP contribution in [-0.4, -0.2) is 78.4 Å². The number of aromatic nitrogens is 3. The van der Waals surface area contributed by atoms with Crippen molar-refractivity contribution < 1.29 is 37.0 Å². The van der Waals surface area contributed by atoms with Crippen LogP contribution in [0.15, 0.2) is 36.4 Å². The first-order valence-corrected chi connectivity index (χ1v) is 23.5. The third-order valence-corrected chi connectivity index (χ3v) is 12.0. The van der Waals surface area contributed by atoms with Crippen LogP contribution < -0.4 is 14.5 Å². The Morgan fingerprint density at radius 3 is 2.07 bits per heavy atom. The van der Waals surface area contributed by atoms with E-state index in [2.05, 4.69) is 21.4 Å². The van der Waals surface area contributed by atoms with Crippen LogP contribution in [0.4, 0.5) is 36.8 Å². The Bertz CT molecular complexity index is 2230. The fraction of sp³-hybridized carbons (Fsp3) is 0.558. The molecule has 0 fully saturated rings. The van der Waals surface area contributed by atoms with Crippen molar-refractivity contribution in [2.75, 3.05) is 46.6 Å². The number of thiophene rings is 1. The summed E-state index contributed by atoms with van der Waals surface area (Å²) in [6.45, 7) is 24.2. The largest absolute Gasteiger partial charge is 0.463 e. The van der Waals surface area contributed by atoms with Crippen LogP contribution in [0.3, 0.4) is 0 Å². The molecule has 15 nitrogen and oxygen atoms in total. The number of amides is 1. The van der Waals surface area contributed by atoms with E-state index in [4.69, 9.17) is 25.8 Å². The summed E-state index contributed by atoms with van der Waals surface area (Å²) in [6.07, 6.45) is 8.91. The lowest BCUT2D eigenvalue weighted by Crippen LogP contribution is -2.32. The van der Waals surface area contributed by atoms with Crippen LogP contribution in [0, 0.1) is 6.57 Å². The number of benzene rings is 1. The predicted molar refractivity (Wildman–Crippen MR) is 239 cm³/mol. The number of nitrogens with zero attached hydrogens (tertiary/aromatic N) is 6. The van der Waals surface area contributed by atoms with Gasteiger partial charge < -0.3 is 19.1 Å². The first-order chi connectivity index (χ1) is 28.6. The number of unbranched alkanes of at least 4 members (excludes halogenated alkanes) is 9. The molecule has 1 amide bonds. The summed E-state index contributed by atoms with van der Waals surface area (Å²) in [5.74, 6) is -1.22. The van der Waals surface area contributed by atoms with Crippen molar-refractivity contribution >= 4 is 72.4 Å². The zero-order valence-electron chi connectivity index (χ0n) is 36.3. The summed E-state index contributed by atoms with van der Waals surface area (Å²) >= 11 is 1.26. The Hall–Kier alpha value is -5.08. The van der Waals surface area contributed by atoms with Gasteiger partial charge in [0.2, 0.25) is 15.7 Å². The maximum Gasteiger partial charge on any atom is 0.436 e. The quantitative estimate of drug-likeness (QED) is 0.0349. The molecule has 0 unspecified atom stereocenters. The Morgan fingerprint density at radius 1 is 0.867 bits per heavy atom. The highest BCUT2D eigenvalue weighted by Gasteiger charge is 2.39. The molecule has 0 radical (unpaired) electrons. The molecule has 4 aromatic rings. The number of esters is 1. The number of anilines is 4. The van der Waals surface area contributed by atoms with E-state index in [9.17, 15) is 22.8 Å². The molecule has 328 valence electrons. The Balaban J connectivity index is 1.86. The molecule has 0 aliphatic carbocycles. The van der Waals surface area contributed by atoms with Crippen molar-refractivity contribution in [3.05, 3.63) is 53.4 Å². The van der Waals surface area contributed by atoms with E-state index in [1.54, 1.807) is 58.9 Å². The maximum atomic E-state index is 14.4. The van der Waals surface area contributed by atoms with Crippen molar-refractivity contribution in [1.82, 2.24) is 14.2 Å². The Kier molecular flexibility index (Phi) is 17.4. The molecule has 0 aliphatic heterocycles. The summed E-state index contributed by atoms with van der Waals surface area (Å²) in [7, 11) is -3.74. The molecular formula is C43H61N7O8S2. The zero-order chi connectivity index (χ0) is 44.0. The monoisotopic (exact) mass is 867 g/mol. The van der Waals surface area contributed by atoms with Crippen LogP contribution in [0.5, 0.6) is 0 Å². The second-order valence-corrected chi connectivity index (χ2v) is 18.1. The summed E-state index contributed by atoms with van der Waals surface area (Å²) < 4.78 is 48.3. The van der Waals surface area contributed by atoms with Crippen molar-refractivity contribution in [2.45, 2.75) is 125 Å². The number of carbonyl (C=O) groups is 3. The molecule has 0 bridgehead atoms. The molecule has 0 atom stereocenters. The SMILES string of the molecule is [C-]#[N+]c1c(C(=O)OCC)c2nc(-c3cccc(NS(=O)(=O)CCCCCCCCCCCC)c3)n(C(=O)OC(C)(C)C)n2c1N(C(=O)OCC)c1ccc(N(CC)CC)s1. The predicted octanol–water partition coefficient (Wildman–Crippen LogP) is 11.2. The molecule has 3 aromatic heterocycles.